The van der Waals surface area contributed by atoms with Crippen LogP contribution in [0.2, 0.25) is 0 Å². The van der Waals surface area contributed by atoms with Gasteiger partial charge < -0.3 is 15.5 Å². The molecule has 3 N–H and O–H groups in total. The summed E-state index contributed by atoms with van der Waals surface area (Å²) >= 11 is 3.51. The summed E-state index contributed by atoms with van der Waals surface area (Å²) in [5, 5.41) is 0. The summed E-state index contributed by atoms with van der Waals surface area (Å²) < 4.78 is 6.45. The fourth-order valence-electron chi connectivity index (χ4n) is 3.95. The third-order valence-electron chi connectivity index (χ3n) is 5.70. The second kappa shape index (κ2) is 8.78. The van der Waals surface area contributed by atoms with Gasteiger partial charge in [-0.25, -0.2) is 9.97 Å². The van der Waals surface area contributed by atoms with Gasteiger partial charge in [0, 0.05) is 35.9 Å². The molecule has 158 valence electrons. The molecule has 1 aliphatic heterocycles. The highest BCUT2D eigenvalue weighted by Crippen LogP contribution is 2.30. The number of pyridine rings is 1. The summed E-state index contributed by atoms with van der Waals surface area (Å²) in [5.41, 5.74) is 12.4. The molecule has 0 saturated carbocycles. The molecule has 0 unspecified atom stereocenters. The van der Waals surface area contributed by atoms with Crippen LogP contribution in [-0.2, 0) is 11.2 Å². The lowest BCUT2D eigenvalue weighted by Gasteiger charge is -2.26. The Labute approximate surface area is 189 Å². The molecule has 5 rings (SSSR count). The van der Waals surface area contributed by atoms with Gasteiger partial charge in [-0.2, -0.15) is 0 Å². The number of nitrogens with zero attached hydrogens (tertiary/aromatic N) is 3. The van der Waals surface area contributed by atoms with Crippen molar-refractivity contribution in [2.24, 2.45) is 0 Å². The quantitative estimate of drug-likeness (QED) is 0.441. The second-order valence-electron chi connectivity index (χ2n) is 7.81. The molecular weight excluding hydrogens is 454 g/mol. The highest BCUT2D eigenvalue weighted by Gasteiger charge is 2.13. The van der Waals surface area contributed by atoms with Gasteiger partial charge in [-0.15, -0.1) is 0 Å². The number of halogens is 1. The molecule has 0 spiro atoms. The topological polar surface area (TPSA) is 80.1 Å². The molecule has 31 heavy (non-hydrogen) atoms. The standard InChI is InChI=1S/C24H24BrN5O/c25-19-4-5-21-22(14-19)29-24(28-21)20-13-18(15-27-23(20)26)17-3-1-2-16(12-17)6-7-30-8-10-31-11-9-30/h1-5,12-15H,6-11H2,(H2,26,27)(H,28,29). The normalized spacial score (nSPS) is 14.9. The van der Waals surface area contributed by atoms with E-state index in [-0.39, 0.29) is 0 Å². The Morgan fingerprint density at radius 2 is 1.94 bits per heavy atom. The maximum absolute atomic E-state index is 6.22. The van der Waals surface area contributed by atoms with Gasteiger partial charge >= 0.3 is 0 Å². The van der Waals surface area contributed by atoms with Crippen LogP contribution in [0.15, 0.2) is 59.2 Å². The lowest BCUT2D eigenvalue weighted by atomic mass is 10.0. The second-order valence-corrected chi connectivity index (χ2v) is 8.72. The number of nitrogens with two attached hydrogens (primary N) is 1. The number of anilines is 1. The number of imidazole rings is 1. The minimum Gasteiger partial charge on any atom is -0.383 e. The van der Waals surface area contributed by atoms with E-state index in [0.717, 1.165) is 77.3 Å². The number of benzene rings is 2. The van der Waals surface area contributed by atoms with Crippen molar-refractivity contribution in [2.75, 3.05) is 38.6 Å². The van der Waals surface area contributed by atoms with E-state index in [1.165, 1.54) is 5.56 Å². The van der Waals surface area contributed by atoms with Crippen LogP contribution in [0.4, 0.5) is 5.82 Å². The number of nitrogens with one attached hydrogen (secondary N) is 1. The van der Waals surface area contributed by atoms with E-state index in [2.05, 4.69) is 61.1 Å². The van der Waals surface area contributed by atoms with Crippen LogP contribution in [0.5, 0.6) is 0 Å². The molecule has 2 aromatic heterocycles. The Hall–Kier alpha value is -2.74. The number of nitrogen functional groups attached to an aromatic ring is 1. The Kier molecular flexibility index (Phi) is 5.72. The summed E-state index contributed by atoms with van der Waals surface area (Å²) in [6.45, 7) is 4.74. The van der Waals surface area contributed by atoms with Crippen molar-refractivity contribution >= 4 is 32.8 Å². The third kappa shape index (κ3) is 4.49. The number of aromatic nitrogens is 3. The number of hydrogen-bond acceptors (Lipinski definition) is 5. The van der Waals surface area contributed by atoms with E-state index in [9.17, 15) is 0 Å². The number of fused-ring (bicyclic) bond motifs is 1. The van der Waals surface area contributed by atoms with Gasteiger partial charge in [0.25, 0.3) is 0 Å². The molecule has 0 amide bonds. The first kappa shape index (κ1) is 20.2. The van der Waals surface area contributed by atoms with Gasteiger partial charge in [0.15, 0.2) is 0 Å². The average molecular weight is 478 g/mol. The van der Waals surface area contributed by atoms with E-state index >= 15 is 0 Å². The first-order chi connectivity index (χ1) is 15.2. The molecule has 0 aliphatic carbocycles. The fourth-order valence-corrected chi connectivity index (χ4v) is 4.31. The molecule has 1 aliphatic rings. The van der Waals surface area contributed by atoms with Gasteiger partial charge in [-0.05, 0) is 41.8 Å². The van der Waals surface area contributed by atoms with Crippen LogP contribution in [-0.4, -0.2) is 52.7 Å². The van der Waals surface area contributed by atoms with Crippen molar-refractivity contribution < 1.29 is 4.74 Å². The van der Waals surface area contributed by atoms with Gasteiger partial charge in [-0.3, -0.25) is 4.90 Å². The predicted octanol–water partition coefficient (Wildman–Crippen LogP) is 4.51. The average Bonchev–Trinajstić information content (AvgIpc) is 3.22. The fraction of sp³-hybridized carbons (Fsp3) is 0.250. The SMILES string of the molecule is Nc1ncc(-c2cccc(CCN3CCOCC3)c2)cc1-c1nc2ccc(Br)cc2[nH]1. The number of morpholine rings is 1. The van der Waals surface area contributed by atoms with Crippen molar-refractivity contribution in [1.29, 1.82) is 0 Å². The van der Waals surface area contributed by atoms with Crippen LogP contribution in [0.1, 0.15) is 5.56 Å². The summed E-state index contributed by atoms with van der Waals surface area (Å²) in [6, 6.07) is 16.7. The highest BCUT2D eigenvalue weighted by molar-refractivity contribution is 9.10. The highest BCUT2D eigenvalue weighted by atomic mass is 79.9. The smallest absolute Gasteiger partial charge is 0.142 e. The molecule has 7 heteroatoms. The predicted molar refractivity (Wildman–Crippen MR) is 128 cm³/mol. The van der Waals surface area contributed by atoms with E-state index in [1.807, 2.05) is 24.4 Å². The Morgan fingerprint density at radius 1 is 1.06 bits per heavy atom. The van der Waals surface area contributed by atoms with E-state index in [1.54, 1.807) is 0 Å². The molecule has 1 fully saturated rings. The van der Waals surface area contributed by atoms with E-state index < -0.39 is 0 Å². The van der Waals surface area contributed by atoms with Crippen LogP contribution in [0.3, 0.4) is 0 Å². The zero-order chi connectivity index (χ0) is 21.2. The number of hydrogen-bond donors (Lipinski definition) is 2. The molecular formula is C24H24BrN5O. The van der Waals surface area contributed by atoms with Crippen molar-refractivity contribution in [3.8, 4) is 22.5 Å². The molecule has 4 aromatic rings. The molecule has 2 aromatic carbocycles. The lowest BCUT2D eigenvalue weighted by Crippen LogP contribution is -2.37. The van der Waals surface area contributed by atoms with Crippen molar-refractivity contribution in [2.45, 2.75) is 6.42 Å². The number of H-pyrrole nitrogens is 1. The number of rotatable bonds is 5. The monoisotopic (exact) mass is 477 g/mol. The largest absolute Gasteiger partial charge is 0.383 e. The number of ether oxygens (including phenoxy) is 1. The number of aromatic amines is 1. The van der Waals surface area contributed by atoms with Crippen molar-refractivity contribution in [1.82, 2.24) is 19.9 Å². The van der Waals surface area contributed by atoms with Crippen LogP contribution in [0.25, 0.3) is 33.5 Å². The zero-order valence-corrected chi connectivity index (χ0v) is 18.7. The summed E-state index contributed by atoms with van der Waals surface area (Å²) in [4.78, 5) is 15.0. The zero-order valence-electron chi connectivity index (χ0n) is 17.1. The van der Waals surface area contributed by atoms with Crippen molar-refractivity contribution in [3.63, 3.8) is 0 Å². The molecule has 3 heterocycles. The van der Waals surface area contributed by atoms with E-state index in [0.29, 0.717) is 5.82 Å². The van der Waals surface area contributed by atoms with Gasteiger partial charge in [-0.1, -0.05) is 40.2 Å². The molecule has 0 atom stereocenters. The van der Waals surface area contributed by atoms with Crippen LogP contribution >= 0.6 is 15.9 Å². The Morgan fingerprint density at radius 3 is 2.81 bits per heavy atom. The van der Waals surface area contributed by atoms with Gasteiger partial charge in [0.05, 0.1) is 29.8 Å². The minimum atomic E-state index is 0.463. The minimum absolute atomic E-state index is 0.463. The summed E-state index contributed by atoms with van der Waals surface area (Å²) in [5.74, 6) is 1.19. The van der Waals surface area contributed by atoms with Crippen molar-refractivity contribution in [3.05, 3.63) is 64.8 Å². The first-order valence-corrected chi connectivity index (χ1v) is 11.3. The molecule has 1 saturated heterocycles. The maximum Gasteiger partial charge on any atom is 0.142 e. The van der Waals surface area contributed by atoms with Gasteiger partial charge in [0.1, 0.15) is 11.6 Å². The maximum atomic E-state index is 6.22. The lowest BCUT2D eigenvalue weighted by molar-refractivity contribution is 0.0384. The van der Waals surface area contributed by atoms with Gasteiger partial charge in [0.2, 0.25) is 0 Å². The van der Waals surface area contributed by atoms with Crippen LogP contribution in [0, 0.1) is 0 Å². The van der Waals surface area contributed by atoms with E-state index in [4.69, 9.17) is 15.5 Å². The van der Waals surface area contributed by atoms with Crippen LogP contribution < -0.4 is 5.73 Å². The summed E-state index contributed by atoms with van der Waals surface area (Å²) in [6.07, 6.45) is 2.85. The summed E-state index contributed by atoms with van der Waals surface area (Å²) in [7, 11) is 0. The Bertz CT molecular complexity index is 1220. The third-order valence-corrected chi connectivity index (χ3v) is 6.19. The molecule has 0 radical (unpaired) electrons. The molecule has 6 nitrogen and oxygen atoms in total. The first-order valence-electron chi connectivity index (χ1n) is 10.5. The molecule has 0 bridgehead atoms. The Balaban J connectivity index is 1.41.